The van der Waals surface area contributed by atoms with Gasteiger partial charge in [0.25, 0.3) is 5.56 Å². The van der Waals surface area contributed by atoms with E-state index in [1.165, 1.54) is 0 Å². The molecule has 0 saturated heterocycles. The van der Waals surface area contributed by atoms with Gasteiger partial charge in [0.2, 0.25) is 5.95 Å². The van der Waals surface area contributed by atoms with Crippen LogP contribution >= 0.6 is 0 Å². The lowest BCUT2D eigenvalue weighted by Crippen LogP contribution is -2.19. The summed E-state index contributed by atoms with van der Waals surface area (Å²) in [7, 11) is 0. The Bertz CT molecular complexity index is 4360. The van der Waals surface area contributed by atoms with Crippen LogP contribution < -0.4 is 5.56 Å². The molecule has 0 aliphatic rings. The topological polar surface area (TPSA) is 83.7 Å². The van der Waals surface area contributed by atoms with Gasteiger partial charge in [-0.2, -0.15) is 9.97 Å². The Balaban J connectivity index is 1.08. The highest BCUT2D eigenvalue weighted by Gasteiger charge is 2.23. The van der Waals surface area contributed by atoms with E-state index in [0.717, 1.165) is 104 Å². The van der Waals surface area contributed by atoms with Crippen molar-refractivity contribution in [3.05, 3.63) is 217 Å². The average molecular weight is 847 g/mol. The Labute approximate surface area is 375 Å². The van der Waals surface area contributed by atoms with Gasteiger partial charge in [-0.25, -0.2) is 4.98 Å². The average Bonchev–Trinajstić information content (AvgIpc) is 4.03. The molecule has 0 unspecified atom stereocenters. The van der Waals surface area contributed by atoms with Gasteiger partial charge in [-0.05, 0) is 84.2 Å². The fraction of sp³-hybridized carbons (Fsp3) is 0. The first-order chi connectivity index (χ1) is 32.6. The third kappa shape index (κ3) is 5.33. The molecular weight excluding hydrogens is 813 g/mol. The summed E-state index contributed by atoms with van der Waals surface area (Å²) in [6.45, 7) is 0. The minimum atomic E-state index is -0.121. The lowest BCUT2D eigenvalue weighted by Gasteiger charge is -2.16. The van der Waals surface area contributed by atoms with Crippen LogP contribution in [0.1, 0.15) is 0 Å². The Morgan fingerprint density at radius 3 is 1.55 bits per heavy atom. The summed E-state index contributed by atoms with van der Waals surface area (Å²) >= 11 is 0. The van der Waals surface area contributed by atoms with Crippen molar-refractivity contribution in [2.24, 2.45) is 0 Å². The number of hydrogen-bond donors (Lipinski definition) is 0. The summed E-state index contributed by atoms with van der Waals surface area (Å²) in [5.41, 5.74) is 9.62. The van der Waals surface area contributed by atoms with Gasteiger partial charge in [0, 0.05) is 60.2 Å². The second-order valence-corrected chi connectivity index (χ2v) is 16.8. The third-order valence-corrected chi connectivity index (χ3v) is 13.1. The molecule has 8 heteroatoms. The lowest BCUT2D eigenvalue weighted by molar-refractivity contribution is 0.669. The monoisotopic (exact) mass is 846 g/mol. The molecule has 0 amide bonds. The lowest BCUT2D eigenvalue weighted by atomic mass is 10.0. The fourth-order valence-corrected chi connectivity index (χ4v) is 10.1. The van der Waals surface area contributed by atoms with Gasteiger partial charge in [-0.1, -0.05) is 127 Å². The molecule has 0 atom stereocenters. The molecule has 5 heterocycles. The van der Waals surface area contributed by atoms with E-state index in [2.05, 4.69) is 106 Å². The molecular formula is C58H34N6O2. The quantitative estimate of drug-likeness (QED) is 0.161. The van der Waals surface area contributed by atoms with Crippen LogP contribution in [0.15, 0.2) is 215 Å². The van der Waals surface area contributed by atoms with Crippen molar-refractivity contribution in [3.8, 4) is 40.1 Å². The van der Waals surface area contributed by atoms with E-state index in [4.69, 9.17) is 19.4 Å². The standard InChI is InChI=1S/C58H34N6O2/c65-57-47-33-50-44(31-43(47)46-32-45-39-22-10-13-25-48(39)62(37-18-6-2-7-19-37)51(45)34-52(46)63(57)38-20-8-3-9-21-38)40-23-11-14-26-49(40)64(50)58-60-55(35-16-4-1-5-17-35)59-56(61-58)36-28-29-42-41-24-12-15-27-53(41)66-54(42)30-36/h1-34H. The van der Waals surface area contributed by atoms with Crippen LogP contribution in [-0.2, 0) is 0 Å². The summed E-state index contributed by atoms with van der Waals surface area (Å²) < 4.78 is 12.6. The maximum Gasteiger partial charge on any atom is 0.263 e. The van der Waals surface area contributed by atoms with Crippen LogP contribution in [0.25, 0.3) is 127 Å². The van der Waals surface area contributed by atoms with Crippen LogP contribution in [-0.4, -0.2) is 28.7 Å². The number of furan rings is 1. The van der Waals surface area contributed by atoms with Gasteiger partial charge in [-0.15, -0.1) is 0 Å². The molecule has 0 N–H and O–H groups in total. The van der Waals surface area contributed by atoms with Crippen LogP contribution in [0.3, 0.4) is 0 Å². The SMILES string of the molecule is O=c1c2cc3c(cc2c2cc4c5ccccc5n(-c5ccccc5)c4cc2n1-c1ccccc1)c1ccccc1n3-c1nc(-c2ccccc2)nc(-c2ccc3c(c2)oc2ccccc23)n1. The van der Waals surface area contributed by atoms with Gasteiger partial charge in [-0.3, -0.25) is 13.9 Å². The molecule has 0 bridgehead atoms. The molecule has 14 rings (SSSR count). The molecule has 8 nitrogen and oxygen atoms in total. The fourth-order valence-electron chi connectivity index (χ4n) is 10.1. The number of fused-ring (bicyclic) bond motifs is 12. The first-order valence-corrected chi connectivity index (χ1v) is 22.0. The summed E-state index contributed by atoms with van der Waals surface area (Å²) in [4.78, 5) is 31.0. The normalized spacial score (nSPS) is 12.0. The van der Waals surface area contributed by atoms with E-state index in [0.29, 0.717) is 23.0 Å². The third-order valence-electron chi connectivity index (χ3n) is 13.1. The van der Waals surface area contributed by atoms with Crippen molar-refractivity contribution in [3.63, 3.8) is 0 Å². The molecule has 0 radical (unpaired) electrons. The number of aromatic nitrogens is 6. The molecule has 308 valence electrons. The van der Waals surface area contributed by atoms with Crippen molar-refractivity contribution in [1.29, 1.82) is 0 Å². The van der Waals surface area contributed by atoms with Gasteiger partial charge in [0.1, 0.15) is 11.2 Å². The van der Waals surface area contributed by atoms with E-state index in [9.17, 15) is 0 Å². The van der Waals surface area contributed by atoms with Crippen LogP contribution in [0.2, 0.25) is 0 Å². The predicted molar refractivity (Wildman–Crippen MR) is 267 cm³/mol. The van der Waals surface area contributed by atoms with Gasteiger partial charge in [0.15, 0.2) is 11.6 Å². The Kier molecular flexibility index (Phi) is 7.67. The van der Waals surface area contributed by atoms with Crippen molar-refractivity contribution in [2.45, 2.75) is 0 Å². The predicted octanol–water partition coefficient (Wildman–Crippen LogP) is 13.8. The molecule has 9 aromatic carbocycles. The van der Waals surface area contributed by atoms with E-state index in [1.54, 1.807) is 0 Å². The highest BCUT2D eigenvalue weighted by Crippen LogP contribution is 2.41. The molecule has 66 heavy (non-hydrogen) atoms. The number of nitrogens with zero attached hydrogens (tertiary/aromatic N) is 6. The zero-order valence-electron chi connectivity index (χ0n) is 35.1. The maximum absolute atomic E-state index is 15.5. The zero-order valence-corrected chi connectivity index (χ0v) is 35.1. The molecule has 0 spiro atoms. The van der Waals surface area contributed by atoms with Gasteiger partial charge < -0.3 is 8.98 Å². The van der Waals surface area contributed by atoms with Crippen molar-refractivity contribution in [2.75, 3.05) is 0 Å². The Morgan fingerprint density at radius 2 is 0.833 bits per heavy atom. The number of hydrogen-bond acceptors (Lipinski definition) is 5. The summed E-state index contributed by atoms with van der Waals surface area (Å²) in [6.07, 6.45) is 0. The summed E-state index contributed by atoms with van der Waals surface area (Å²) in [5.74, 6) is 1.47. The van der Waals surface area contributed by atoms with Crippen LogP contribution in [0.5, 0.6) is 0 Å². The highest BCUT2D eigenvalue weighted by molar-refractivity contribution is 6.21. The van der Waals surface area contributed by atoms with Gasteiger partial charge in [0.05, 0.1) is 33.0 Å². The van der Waals surface area contributed by atoms with Crippen molar-refractivity contribution in [1.82, 2.24) is 28.7 Å². The first-order valence-electron chi connectivity index (χ1n) is 22.0. The molecule has 5 aromatic heterocycles. The number of rotatable bonds is 5. The number of para-hydroxylation sites is 5. The molecule has 0 saturated carbocycles. The van der Waals surface area contributed by atoms with Crippen LogP contribution in [0, 0.1) is 0 Å². The highest BCUT2D eigenvalue weighted by atomic mass is 16.3. The van der Waals surface area contributed by atoms with E-state index >= 15 is 4.79 Å². The maximum atomic E-state index is 15.5. The second-order valence-electron chi connectivity index (χ2n) is 16.8. The van der Waals surface area contributed by atoms with Gasteiger partial charge >= 0.3 is 0 Å². The zero-order chi connectivity index (χ0) is 43.5. The van der Waals surface area contributed by atoms with Crippen molar-refractivity contribution >= 4 is 87.2 Å². The largest absolute Gasteiger partial charge is 0.456 e. The summed E-state index contributed by atoms with van der Waals surface area (Å²) in [6, 6.07) is 70.1. The first kappa shape index (κ1) is 36.4. The minimum absolute atomic E-state index is 0.121. The number of benzene rings is 9. The number of pyridine rings is 1. The van der Waals surface area contributed by atoms with E-state index in [-0.39, 0.29) is 5.56 Å². The van der Waals surface area contributed by atoms with Crippen molar-refractivity contribution < 1.29 is 4.42 Å². The Morgan fingerprint density at radius 1 is 0.318 bits per heavy atom. The minimum Gasteiger partial charge on any atom is -0.456 e. The molecule has 14 aromatic rings. The second kappa shape index (κ2) is 13.9. The van der Waals surface area contributed by atoms with E-state index < -0.39 is 0 Å². The molecule has 0 fully saturated rings. The van der Waals surface area contributed by atoms with E-state index in [1.807, 2.05) is 114 Å². The smallest absolute Gasteiger partial charge is 0.263 e. The Hall–Kier alpha value is -9.14. The molecule has 0 aliphatic carbocycles. The summed E-state index contributed by atoms with van der Waals surface area (Å²) in [5, 5.41) is 8.76. The molecule has 0 aliphatic heterocycles. The van der Waals surface area contributed by atoms with Crippen LogP contribution in [0.4, 0.5) is 0 Å².